The molecule has 0 saturated heterocycles. The summed E-state index contributed by atoms with van der Waals surface area (Å²) in [4.78, 5) is 12.5. The van der Waals surface area contributed by atoms with Crippen molar-refractivity contribution < 1.29 is 17.9 Å². The lowest BCUT2D eigenvalue weighted by molar-refractivity contribution is 0.0946. The van der Waals surface area contributed by atoms with Crippen molar-refractivity contribution in [3.05, 3.63) is 59.2 Å². The van der Waals surface area contributed by atoms with E-state index in [0.29, 0.717) is 24.3 Å². The van der Waals surface area contributed by atoms with Gasteiger partial charge in [0.25, 0.3) is 5.91 Å². The van der Waals surface area contributed by atoms with Gasteiger partial charge >= 0.3 is 0 Å². The van der Waals surface area contributed by atoms with Crippen LogP contribution in [-0.4, -0.2) is 45.9 Å². The average Bonchev–Trinajstić information content (AvgIpc) is 2.61. The van der Waals surface area contributed by atoms with Crippen molar-refractivity contribution in [3.8, 4) is 5.75 Å². The van der Waals surface area contributed by atoms with E-state index in [1.807, 2.05) is 30.3 Å². The van der Waals surface area contributed by atoms with Crippen LogP contribution in [0.5, 0.6) is 5.75 Å². The van der Waals surface area contributed by atoms with Gasteiger partial charge in [0.15, 0.2) is 0 Å². The first-order valence-corrected chi connectivity index (χ1v) is 9.67. The van der Waals surface area contributed by atoms with Crippen LogP contribution in [0.15, 0.2) is 47.4 Å². The zero-order valence-electron chi connectivity index (χ0n) is 15.4. The lowest BCUT2D eigenvalue weighted by Crippen LogP contribution is -2.29. The lowest BCUT2D eigenvalue weighted by Gasteiger charge is -2.16. The largest absolute Gasteiger partial charge is 0.492 e. The number of benzene rings is 2. The van der Waals surface area contributed by atoms with Crippen LogP contribution < -0.4 is 10.1 Å². The Morgan fingerprint density at radius 1 is 1.12 bits per heavy atom. The maximum Gasteiger partial charge on any atom is 0.251 e. The van der Waals surface area contributed by atoms with Crippen LogP contribution in [0.25, 0.3) is 0 Å². The highest BCUT2D eigenvalue weighted by atomic mass is 32.2. The minimum Gasteiger partial charge on any atom is -0.492 e. The summed E-state index contributed by atoms with van der Waals surface area (Å²) in [6.07, 6.45) is 0. The van der Waals surface area contributed by atoms with Gasteiger partial charge in [-0.1, -0.05) is 18.2 Å². The molecule has 0 aliphatic carbocycles. The van der Waals surface area contributed by atoms with Gasteiger partial charge in [0.2, 0.25) is 10.0 Å². The first kappa shape index (κ1) is 19.9. The number of hydrogen-bond donors (Lipinski definition) is 1. The second kappa shape index (κ2) is 8.33. The topological polar surface area (TPSA) is 75.7 Å². The number of sulfonamides is 1. The number of amides is 1. The predicted octanol–water partition coefficient (Wildman–Crippen LogP) is 2.36. The van der Waals surface area contributed by atoms with E-state index in [2.05, 4.69) is 5.32 Å². The Hall–Kier alpha value is -2.38. The van der Waals surface area contributed by atoms with Crippen molar-refractivity contribution in [2.24, 2.45) is 0 Å². The standard InChI is InChI=1S/C19H24N2O4S/c1-14-12-16(13-18(15(14)2)26(23,24)21(3)4)19(22)20-10-11-25-17-8-6-5-7-9-17/h5-9,12-13H,10-11H2,1-4H3,(H,20,22). The maximum atomic E-state index is 12.5. The van der Waals surface area contributed by atoms with E-state index in [1.54, 1.807) is 19.9 Å². The number of nitrogens with one attached hydrogen (secondary N) is 1. The third-order valence-electron chi connectivity index (χ3n) is 4.04. The number of ether oxygens (including phenoxy) is 1. The molecular weight excluding hydrogens is 352 g/mol. The van der Waals surface area contributed by atoms with E-state index in [9.17, 15) is 13.2 Å². The fourth-order valence-electron chi connectivity index (χ4n) is 2.37. The Kier molecular flexibility index (Phi) is 6.39. The van der Waals surface area contributed by atoms with Crippen LogP contribution in [0.3, 0.4) is 0 Å². The molecule has 0 aromatic heterocycles. The number of para-hydroxylation sites is 1. The number of aryl methyl sites for hydroxylation is 1. The molecule has 1 amide bonds. The second-order valence-electron chi connectivity index (χ2n) is 6.12. The molecule has 0 heterocycles. The van der Waals surface area contributed by atoms with Gasteiger partial charge in [-0.05, 0) is 49.2 Å². The van der Waals surface area contributed by atoms with Crippen molar-refractivity contribution in [1.82, 2.24) is 9.62 Å². The highest BCUT2D eigenvalue weighted by Crippen LogP contribution is 2.23. The van der Waals surface area contributed by atoms with E-state index < -0.39 is 10.0 Å². The zero-order chi connectivity index (χ0) is 19.3. The molecule has 0 fully saturated rings. The molecule has 0 saturated carbocycles. The molecule has 140 valence electrons. The fourth-order valence-corrected chi connectivity index (χ4v) is 3.59. The molecule has 2 aromatic rings. The van der Waals surface area contributed by atoms with Crippen LogP contribution in [0.2, 0.25) is 0 Å². The first-order chi connectivity index (χ1) is 12.2. The van der Waals surface area contributed by atoms with Crippen LogP contribution in [0, 0.1) is 13.8 Å². The molecule has 0 unspecified atom stereocenters. The Bertz CT molecular complexity index is 878. The van der Waals surface area contributed by atoms with Crippen LogP contribution in [0.4, 0.5) is 0 Å². The van der Waals surface area contributed by atoms with Crippen LogP contribution >= 0.6 is 0 Å². The smallest absolute Gasteiger partial charge is 0.251 e. The molecule has 0 aliphatic heterocycles. The molecule has 0 bridgehead atoms. The normalized spacial score (nSPS) is 11.4. The monoisotopic (exact) mass is 376 g/mol. The second-order valence-corrected chi connectivity index (χ2v) is 8.24. The van der Waals surface area contributed by atoms with Gasteiger partial charge in [0.1, 0.15) is 12.4 Å². The van der Waals surface area contributed by atoms with Crippen molar-refractivity contribution in [1.29, 1.82) is 0 Å². The van der Waals surface area contributed by atoms with Crippen molar-refractivity contribution >= 4 is 15.9 Å². The highest BCUT2D eigenvalue weighted by Gasteiger charge is 2.22. The van der Waals surface area contributed by atoms with Crippen LogP contribution in [0.1, 0.15) is 21.5 Å². The number of carbonyl (C=O) groups excluding carboxylic acids is 1. The number of hydrogen-bond acceptors (Lipinski definition) is 4. The molecule has 2 aromatic carbocycles. The molecule has 1 N–H and O–H groups in total. The van der Waals surface area contributed by atoms with Gasteiger partial charge in [-0.25, -0.2) is 12.7 Å². The first-order valence-electron chi connectivity index (χ1n) is 8.23. The Morgan fingerprint density at radius 2 is 1.77 bits per heavy atom. The SMILES string of the molecule is Cc1cc(C(=O)NCCOc2ccccc2)cc(S(=O)(=O)N(C)C)c1C. The van der Waals surface area contributed by atoms with E-state index in [4.69, 9.17) is 4.74 Å². The van der Waals surface area contributed by atoms with E-state index >= 15 is 0 Å². The highest BCUT2D eigenvalue weighted by molar-refractivity contribution is 7.89. The molecule has 7 heteroatoms. The number of nitrogens with zero attached hydrogens (tertiary/aromatic N) is 1. The van der Waals surface area contributed by atoms with Gasteiger partial charge < -0.3 is 10.1 Å². The third kappa shape index (κ3) is 4.62. The molecule has 6 nitrogen and oxygen atoms in total. The van der Waals surface area contributed by atoms with Crippen LogP contribution in [-0.2, 0) is 10.0 Å². The van der Waals surface area contributed by atoms with E-state index in [-0.39, 0.29) is 10.8 Å². The maximum absolute atomic E-state index is 12.5. The van der Waals surface area contributed by atoms with Gasteiger partial charge in [-0.2, -0.15) is 0 Å². The summed E-state index contributed by atoms with van der Waals surface area (Å²) in [6, 6.07) is 12.4. The van der Waals surface area contributed by atoms with E-state index in [1.165, 1.54) is 20.2 Å². The summed E-state index contributed by atoms with van der Waals surface area (Å²) in [6.45, 7) is 4.17. The fraction of sp³-hybridized carbons (Fsp3) is 0.316. The van der Waals surface area contributed by atoms with Crippen molar-refractivity contribution in [3.63, 3.8) is 0 Å². The van der Waals surface area contributed by atoms with Gasteiger partial charge in [0.05, 0.1) is 11.4 Å². The number of carbonyl (C=O) groups is 1. The summed E-state index contributed by atoms with van der Waals surface area (Å²) in [5.41, 5.74) is 1.70. The van der Waals surface area contributed by atoms with Gasteiger partial charge in [-0.3, -0.25) is 4.79 Å². The molecule has 0 spiro atoms. The third-order valence-corrected chi connectivity index (χ3v) is 5.98. The summed E-state index contributed by atoms with van der Waals surface area (Å²) in [5, 5.41) is 2.75. The summed E-state index contributed by atoms with van der Waals surface area (Å²) >= 11 is 0. The average molecular weight is 376 g/mol. The van der Waals surface area contributed by atoms with E-state index in [0.717, 1.165) is 15.6 Å². The molecular formula is C19H24N2O4S. The van der Waals surface area contributed by atoms with Gasteiger partial charge in [0, 0.05) is 19.7 Å². The minimum atomic E-state index is -3.62. The summed E-state index contributed by atoms with van der Waals surface area (Å²) in [7, 11) is -0.679. The molecule has 2 rings (SSSR count). The lowest BCUT2D eigenvalue weighted by atomic mass is 10.1. The Morgan fingerprint density at radius 3 is 2.38 bits per heavy atom. The number of rotatable bonds is 7. The Balaban J connectivity index is 2.08. The minimum absolute atomic E-state index is 0.146. The van der Waals surface area contributed by atoms with Crippen molar-refractivity contribution in [2.75, 3.05) is 27.2 Å². The predicted molar refractivity (Wildman–Crippen MR) is 101 cm³/mol. The molecule has 0 radical (unpaired) electrons. The summed E-state index contributed by atoms with van der Waals surface area (Å²) < 4.78 is 31.6. The molecule has 0 aliphatic rings. The quantitative estimate of drug-likeness (QED) is 0.753. The zero-order valence-corrected chi connectivity index (χ0v) is 16.3. The molecule has 0 atom stereocenters. The van der Waals surface area contributed by atoms with Gasteiger partial charge in [-0.15, -0.1) is 0 Å². The Labute approximate surface area is 154 Å². The van der Waals surface area contributed by atoms with Crippen molar-refractivity contribution in [2.45, 2.75) is 18.7 Å². The molecule has 26 heavy (non-hydrogen) atoms. The summed E-state index contributed by atoms with van der Waals surface area (Å²) in [5.74, 6) is 0.396.